The number of halogens is 2. The Morgan fingerprint density at radius 1 is 1.37 bits per heavy atom. The van der Waals surface area contributed by atoms with Gasteiger partial charge in [-0.15, -0.1) is 0 Å². The summed E-state index contributed by atoms with van der Waals surface area (Å²) < 4.78 is 28.9. The van der Waals surface area contributed by atoms with Gasteiger partial charge in [0.2, 0.25) is 0 Å². The Balaban J connectivity index is 2.53. The molecular formula is C14H11F2NO2. The van der Waals surface area contributed by atoms with Crippen molar-refractivity contribution in [2.75, 3.05) is 0 Å². The normalized spacial score (nSPS) is 14.9. The Bertz CT molecular complexity index is 760. The summed E-state index contributed by atoms with van der Waals surface area (Å²) in [5.74, 6) is -2.01. The van der Waals surface area contributed by atoms with E-state index in [9.17, 15) is 18.4 Å². The largest absolute Gasteiger partial charge is 0.343 e. The van der Waals surface area contributed by atoms with E-state index in [4.69, 9.17) is 0 Å². The van der Waals surface area contributed by atoms with Gasteiger partial charge in [-0.05, 0) is 25.8 Å². The van der Waals surface area contributed by atoms with Gasteiger partial charge in [0.25, 0.3) is 0 Å². The highest BCUT2D eigenvalue weighted by Crippen LogP contribution is 2.38. The summed E-state index contributed by atoms with van der Waals surface area (Å²) in [5, 5.41) is 0.0629. The highest BCUT2D eigenvalue weighted by Gasteiger charge is 2.27. The molecule has 0 spiro atoms. The molecule has 19 heavy (non-hydrogen) atoms. The second kappa shape index (κ2) is 3.98. The summed E-state index contributed by atoms with van der Waals surface area (Å²) in [4.78, 5) is 23.0. The molecule has 5 heteroatoms. The van der Waals surface area contributed by atoms with E-state index in [2.05, 4.69) is 0 Å². The quantitative estimate of drug-likeness (QED) is 0.781. The van der Waals surface area contributed by atoms with Crippen molar-refractivity contribution in [2.24, 2.45) is 0 Å². The number of aldehydes is 1. The van der Waals surface area contributed by atoms with Crippen LogP contribution in [0.25, 0.3) is 10.9 Å². The third-order valence-electron chi connectivity index (χ3n) is 3.53. The molecule has 2 aromatic rings. The van der Waals surface area contributed by atoms with E-state index in [1.54, 1.807) is 4.57 Å². The summed E-state index contributed by atoms with van der Waals surface area (Å²) in [5.41, 5.74) is -0.0813. The van der Waals surface area contributed by atoms with Crippen molar-refractivity contribution in [1.29, 1.82) is 0 Å². The first-order valence-corrected chi connectivity index (χ1v) is 6.03. The molecule has 0 saturated heterocycles. The standard InChI is InChI=1S/C14H11F2NO2/c1-7-12(16)11(15)4-10-13(7)17(9-2-3-9)5-8(6-18)14(10)19/h4-6,9H,2-3H2,1H3. The Kier molecular flexibility index (Phi) is 2.52. The fourth-order valence-corrected chi connectivity index (χ4v) is 2.40. The maximum atomic E-state index is 13.7. The van der Waals surface area contributed by atoms with Gasteiger partial charge in [-0.2, -0.15) is 0 Å². The maximum Gasteiger partial charge on any atom is 0.200 e. The molecule has 0 unspecified atom stereocenters. The second-order valence-corrected chi connectivity index (χ2v) is 4.86. The predicted octanol–water partition coefficient (Wildman–Crippen LogP) is 2.74. The molecule has 1 aromatic carbocycles. The molecule has 3 nitrogen and oxygen atoms in total. The molecule has 0 atom stereocenters. The number of carbonyl (C=O) groups excluding carboxylic acids is 1. The van der Waals surface area contributed by atoms with Gasteiger partial charge in [0.15, 0.2) is 23.3 Å². The van der Waals surface area contributed by atoms with Gasteiger partial charge in [0.1, 0.15) is 0 Å². The lowest BCUT2D eigenvalue weighted by Crippen LogP contribution is -2.16. The molecule has 98 valence electrons. The Morgan fingerprint density at radius 2 is 2.05 bits per heavy atom. The second-order valence-electron chi connectivity index (χ2n) is 4.86. The number of pyridine rings is 1. The number of fused-ring (bicyclic) bond motifs is 1. The topological polar surface area (TPSA) is 39.1 Å². The van der Waals surface area contributed by atoms with Crippen LogP contribution >= 0.6 is 0 Å². The van der Waals surface area contributed by atoms with Crippen molar-refractivity contribution >= 4 is 17.2 Å². The van der Waals surface area contributed by atoms with Crippen molar-refractivity contribution in [2.45, 2.75) is 25.8 Å². The number of nitrogens with zero attached hydrogens (tertiary/aromatic N) is 1. The highest BCUT2D eigenvalue weighted by atomic mass is 19.2. The SMILES string of the molecule is Cc1c(F)c(F)cc2c(=O)c(C=O)cn(C3CC3)c12. The minimum atomic E-state index is -1.06. The summed E-state index contributed by atoms with van der Waals surface area (Å²) in [6, 6.07) is 1.04. The number of hydrogen-bond acceptors (Lipinski definition) is 2. The maximum absolute atomic E-state index is 13.7. The van der Waals surface area contributed by atoms with Gasteiger partial charge < -0.3 is 4.57 Å². The van der Waals surface area contributed by atoms with E-state index in [0.717, 1.165) is 18.9 Å². The molecule has 1 aromatic heterocycles. The zero-order valence-electron chi connectivity index (χ0n) is 10.2. The fourth-order valence-electron chi connectivity index (χ4n) is 2.40. The van der Waals surface area contributed by atoms with Gasteiger partial charge in [-0.3, -0.25) is 9.59 Å². The molecule has 0 N–H and O–H groups in total. The van der Waals surface area contributed by atoms with Crippen LogP contribution in [0.3, 0.4) is 0 Å². The lowest BCUT2D eigenvalue weighted by Gasteiger charge is -2.14. The molecule has 1 fully saturated rings. The van der Waals surface area contributed by atoms with Gasteiger partial charge in [-0.25, -0.2) is 8.78 Å². The van der Waals surface area contributed by atoms with E-state index < -0.39 is 17.1 Å². The minimum absolute atomic E-state index is 0.0233. The van der Waals surface area contributed by atoms with Crippen LogP contribution in [0.15, 0.2) is 17.1 Å². The Labute approximate surface area is 107 Å². The summed E-state index contributed by atoms with van der Waals surface area (Å²) in [6.07, 6.45) is 3.72. The molecule has 0 radical (unpaired) electrons. The molecule has 0 amide bonds. The number of carbonyl (C=O) groups is 1. The number of benzene rings is 1. The van der Waals surface area contributed by atoms with Gasteiger partial charge in [0.05, 0.1) is 11.1 Å². The van der Waals surface area contributed by atoms with E-state index in [1.807, 2.05) is 0 Å². The molecule has 1 aliphatic rings. The number of hydrogen-bond donors (Lipinski definition) is 0. The van der Waals surface area contributed by atoms with Gasteiger partial charge >= 0.3 is 0 Å². The average molecular weight is 263 g/mol. The molecule has 0 bridgehead atoms. The van der Waals surface area contributed by atoms with Crippen molar-refractivity contribution < 1.29 is 13.6 Å². The van der Waals surface area contributed by atoms with Crippen molar-refractivity contribution in [1.82, 2.24) is 4.57 Å². The van der Waals surface area contributed by atoms with Crippen LogP contribution < -0.4 is 5.43 Å². The summed E-state index contributed by atoms with van der Waals surface area (Å²) >= 11 is 0. The Hall–Kier alpha value is -2.04. The molecule has 3 rings (SSSR count). The third-order valence-corrected chi connectivity index (χ3v) is 3.53. The molecular weight excluding hydrogens is 252 g/mol. The average Bonchev–Trinajstić information content (AvgIpc) is 3.21. The molecule has 1 heterocycles. The van der Waals surface area contributed by atoms with E-state index >= 15 is 0 Å². The van der Waals surface area contributed by atoms with Crippen molar-refractivity contribution in [3.05, 3.63) is 45.2 Å². The van der Waals surface area contributed by atoms with Crippen molar-refractivity contribution in [3.63, 3.8) is 0 Å². The zero-order chi connectivity index (χ0) is 13.7. The van der Waals surface area contributed by atoms with Crippen LogP contribution in [0.1, 0.15) is 34.8 Å². The van der Waals surface area contributed by atoms with E-state index in [-0.39, 0.29) is 22.6 Å². The van der Waals surface area contributed by atoms with Crippen LogP contribution in [0.5, 0.6) is 0 Å². The van der Waals surface area contributed by atoms with Crippen LogP contribution in [-0.2, 0) is 0 Å². The van der Waals surface area contributed by atoms with Crippen LogP contribution in [0, 0.1) is 18.6 Å². The minimum Gasteiger partial charge on any atom is -0.343 e. The lowest BCUT2D eigenvalue weighted by atomic mass is 10.1. The van der Waals surface area contributed by atoms with Gasteiger partial charge in [-0.1, -0.05) is 0 Å². The lowest BCUT2D eigenvalue weighted by molar-refractivity contribution is 0.112. The zero-order valence-corrected chi connectivity index (χ0v) is 10.2. The summed E-state index contributed by atoms with van der Waals surface area (Å²) in [6.45, 7) is 1.44. The van der Waals surface area contributed by atoms with Crippen LogP contribution in [0.4, 0.5) is 8.78 Å². The smallest absolute Gasteiger partial charge is 0.200 e. The van der Waals surface area contributed by atoms with Crippen molar-refractivity contribution in [3.8, 4) is 0 Å². The first kappa shape index (κ1) is 12.0. The first-order valence-electron chi connectivity index (χ1n) is 6.03. The number of aromatic nitrogens is 1. The van der Waals surface area contributed by atoms with Crippen LogP contribution in [0.2, 0.25) is 0 Å². The number of aryl methyl sites for hydroxylation is 1. The molecule has 0 aliphatic heterocycles. The summed E-state index contributed by atoms with van der Waals surface area (Å²) in [7, 11) is 0. The highest BCUT2D eigenvalue weighted by molar-refractivity contribution is 5.88. The molecule has 1 saturated carbocycles. The Morgan fingerprint density at radius 3 is 2.63 bits per heavy atom. The van der Waals surface area contributed by atoms with E-state index in [1.165, 1.54) is 13.1 Å². The van der Waals surface area contributed by atoms with Gasteiger partial charge in [0, 0.05) is 23.2 Å². The predicted molar refractivity (Wildman–Crippen MR) is 66.5 cm³/mol. The van der Waals surface area contributed by atoms with Crippen LogP contribution in [-0.4, -0.2) is 10.9 Å². The number of rotatable bonds is 2. The molecule has 1 aliphatic carbocycles. The third kappa shape index (κ3) is 1.69. The monoisotopic (exact) mass is 263 g/mol. The first-order chi connectivity index (χ1) is 9.04. The fraction of sp³-hybridized carbons (Fsp3) is 0.286. The van der Waals surface area contributed by atoms with E-state index in [0.29, 0.717) is 11.8 Å².